The molecule has 0 fully saturated rings. The summed E-state index contributed by atoms with van der Waals surface area (Å²) in [5.74, 6) is 2.13. The number of carbonyl (C=O) groups excluding carboxylic acids is 1. The fraction of sp³-hybridized carbons (Fsp3) is 0.545. The molecule has 0 bridgehead atoms. The Morgan fingerprint density at radius 1 is 1.28 bits per heavy atom. The second-order valence-electron chi connectivity index (χ2n) is 8.69. The Labute approximate surface area is 172 Å². The number of aryl methyl sites for hydroxylation is 1. The zero-order valence-corrected chi connectivity index (χ0v) is 18.1. The highest BCUT2D eigenvalue weighted by atomic mass is 16.5. The van der Waals surface area contributed by atoms with Gasteiger partial charge in [-0.1, -0.05) is 20.8 Å². The minimum atomic E-state index is -0.0161. The SMILES string of the molecule is CCNC(=O)CN(C)c1nc(-c2cc(OCC(C)(C)C)ccn2)nc2c1CCC2. The minimum absolute atomic E-state index is 0.0161. The second-order valence-corrected chi connectivity index (χ2v) is 8.69. The molecule has 3 rings (SSSR count). The van der Waals surface area contributed by atoms with Gasteiger partial charge in [0.1, 0.15) is 17.3 Å². The maximum absolute atomic E-state index is 12.1. The molecule has 2 heterocycles. The highest BCUT2D eigenvalue weighted by Crippen LogP contribution is 2.31. The van der Waals surface area contributed by atoms with Gasteiger partial charge in [0, 0.05) is 37.1 Å². The van der Waals surface area contributed by atoms with Gasteiger partial charge in [-0.2, -0.15) is 0 Å². The lowest BCUT2D eigenvalue weighted by Gasteiger charge is -2.21. The maximum atomic E-state index is 12.1. The van der Waals surface area contributed by atoms with Crippen LogP contribution in [0.25, 0.3) is 11.5 Å². The van der Waals surface area contributed by atoms with Crippen molar-refractivity contribution in [3.63, 3.8) is 0 Å². The Hall–Kier alpha value is -2.70. The highest BCUT2D eigenvalue weighted by molar-refractivity contribution is 5.81. The molecule has 1 aliphatic carbocycles. The van der Waals surface area contributed by atoms with Gasteiger partial charge in [-0.05, 0) is 37.7 Å². The van der Waals surface area contributed by atoms with Gasteiger partial charge >= 0.3 is 0 Å². The lowest BCUT2D eigenvalue weighted by molar-refractivity contribution is -0.119. The molecule has 0 aromatic carbocycles. The summed E-state index contributed by atoms with van der Waals surface area (Å²) in [5, 5.41) is 2.84. The van der Waals surface area contributed by atoms with Crippen molar-refractivity contribution in [2.75, 3.05) is 31.6 Å². The number of anilines is 1. The van der Waals surface area contributed by atoms with Gasteiger partial charge < -0.3 is 15.0 Å². The zero-order chi connectivity index (χ0) is 21.0. The molecule has 156 valence electrons. The van der Waals surface area contributed by atoms with Crippen LogP contribution in [0.2, 0.25) is 0 Å². The summed E-state index contributed by atoms with van der Waals surface area (Å²) in [7, 11) is 1.90. The minimum Gasteiger partial charge on any atom is -0.493 e. The van der Waals surface area contributed by atoms with Crippen molar-refractivity contribution >= 4 is 11.7 Å². The molecule has 7 nitrogen and oxygen atoms in total. The Bertz CT molecular complexity index is 876. The van der Waals surface area contributed by atoms with E-state index in [0.29, 0.717) is 24.7 Å². The van der Waals surface area contributed by atoms with Crippen LogP contribution in [-0.2, 0) is 17.6 Å². The van der Waals surface area contributed by atoms with Crippen LogP contribution in [0.4, 0.5) is 5.82 Å². The Morgan fingerprint density at radius 3 is 2.79 bits per heavy atom. The largest absolute Gasteiger partial charge is 0.493 e. The van der Waals surface area contributed by atoms with E-state index in [1.807, 2.05) is 31.0 Å². The topological polar surface area (TPSA) is 80.2 Å². The summed E-state index contributed by atoms with van der Waals surface area (Å²) >= 11 is 0. The highest BCUT2D eigenvalue weighted by Gasteiger charge is 2.23. The number of hydrogen-bond acceptors (Lipinski definition) is 6. The van der Waals surface area contributed by atoms with Crippen LogP contribution in [0.15, 0.2) is 18.3 Å². The van der Waals surface area contributed by atoms with E-state index in [9.17, 15) is 4.79 Å². The van der Waals surface area contributed by atoms with Gasteiger partial charge in [0.15, 0.2) is 5.82 Å². The number of likely N-dealkylation sites (N-methyl/N-ethyl adjacent to an activating group) is 2. The number of aromatic nitrogens is 3. The molecule has 29 heavy (non-hydrogen) atoms. The van der Waals surface area contributed by atoms with Crippen molar-refractivity contribution in [1.82, 2.24) is 20.3 Å². The molecule has 1 N–H and O–H groups in total. The molecule has 2 aromatic heterocycles. The monoisotopic (exact) mass is 397 g/mol. The smallest absolute Gasteiger partial charge is 0.239 e. The van der Waals surface area contributed by atoms with E-state index >= 15 is 0 Å². The lowest BCUT2D eigenvalue weighted by atomic mass is 9.99. The molecule has 0 atom stereocenters. The average molecular weight is 398 g/mol. The molecule has 0 unspecified atom stereocenters. The number of ether oxygens (including phenoxy) is 1. The molecule has 0 saturated heterocycles. The number of amides is 1. The second kappa shape index (κ2) is 8.76. The first kappa shape index (κ1) is 21.0. The van der Waals surface area contributed by atoms with E-state index in [2.05, 4.69) is 31.1 Å². The van der Waals surface area contributed by atoms with Crippen LogP contribution in [0.1, 0.15) is 45.4 Å². The van der Waals surface area contributed by atoms with Crippen molar-refractivity contribution in [3.8, 4) is 17.3 Å². The number of nitrogens with zero attached hydrogens (tertiary/aromatic N) is 4. The van der Waals surface area contributed by atoms with E-state index in [-0.39, 0.29) is 17.9 Å². The quantitative estimate of drug-likeness (QED) is 0.774. The third-order valence-electron chi connectivity index (χ3n) is 4.66. The van der Waals surface area contributed by atoms with Crippen LogP contribution < -0.4 is 15.0 Å². The maximum Gasteiger partial charge on any atom is 0.239 e. The molecule has 0 spiro atoms. The van der Waals surface area contributed by atoms with Crippen LogP contribution in [0.5, 0.6) is 5.75 Å². The fourth-order valence-corrected chi connectivity index (χ4v) is 3.31. The Kier molecular flexibility index (Phi) is 6.35. The van der Waals surface area contributed by atoms with Crippen LogP contribution in [0, 0.1) is 5.41 Å². The van der Waals surface area contributed by atoms with Gasteiger partial charge in [-0.3, -0.25) is 9.78 Å². The van der Waals surface area contributed by atoms with Crippen molar-refractivity contribution in [3.05, 3.63) is 29.6 Å². The van der Waals surface area contributed by atoms with E-state index in [1.54, 1.807) is 6.20 Å². The molecule has 1 amide bonds. The standard InChI is InChI=1S/C22H31N5O2/c1-6-23-19(28)13-27(5)21-16-8-7-9-17(16)25-20(26-21)18-12-15(10-11-24-18)29-14-22(2,3)4/h10-12H,6-9,13-14H2,1-5H3,(H,23,28). The first-order chi connectivity index (χ1) is 13.8. The van der Waals surface area contributed by atoms with Crippen molar-refractivity contribution in [2.45, 2.75) is 47.0 Å². The first-order valence-corrected chi connectivity index (χ1v) is 10.2. The molecule has 0 saturated carbocycles. The predicted molar refractivity (Wildman–Crippen MR) is 114 cm³/mol. The summed E-state index contributed by atoms with van der Waals surface area (Å²) < 4.78 is 5.92. The van der Waals surface area contributed by atoms with Crippen molar-refractivity contribution in [2.24, 2.45) is 5.41 Å². The lowest BCUT2D eigenvalue weighted by Crippen LogP contribution is -2.35. The molecule has 1 aliphatic rings. The van der Waals surface area contributed by atoms with Crippen LogP contribution in [-0.4, -0.2) is 47.6 Å². The van der Waals surface area contributed by atoms with Gasteiger partial charge in [0.2, 0.25) is 5.91 Å². The van der Waals surface area contributed by atoms with E-state index in [0.717, 1.165) is 42.1 Å². The number of fused-ring (bicyclic) bond motifs is 1. The van der Waals surface area contributed by atoms with E-state index in [1.165, 1.54) is 0 Å². The number of nitrogens with one attached hydrogen (secondary N) is 1. The molecule has 0 radical (unpaired) electrons. The van der Waals surface area contributed by atoms with E-state index < -0.39 is 0 Å². The summed E-state index contributed by atoms with van der Waals surface area (Å²) in [5.41, 5.74) is 2.94. The normalized spacial score (nSPS) is 13.1. The van der Waals surface area contributed by atoms with Gasteiger partial charge in [0.05, 0.1) is 13.2 Å². The summed E-state index contributed by atoms with van der Waals surface area (Å²) in [6, 6.07) is 3.74. The van der Waals surface area contributed by atoms with Gasteiger partial charge in [0.25, 0.3) is 0 Å². The summed E-state index contributed by atoms with van der Waals surface area (Å²) in [4.78, 5) is 28.0. The van der Waals surface area contributed by atoms with Crippen molar-refractivity contribution < 1.29 is 9.53 Å². The molecule has 2 aromatic rings. The third kappa shape index (κ3) is 5.43. The Morgan fingerprint density at radius 2 is 2.07 bits per heavy atom. The number of rotatable bonds is 7. The van der Waals surface area contributed by atoms with Gasteiger partial charge in [-0.15, -0.1) is 0 Å². The fourth-order valence-electron chi connectivity index (χ4n) is 3.31. The molecular formula is C22H31N5O2. The molecule has 7 heteroatoms. The number of carbonyl (C=O) groups is 1. The number of hydrogen-bond donors (Lipinski definition) is 1. The number of pyridine rings is 1. The summed E-state index contributed by atoms with van der Waals surface area (Å²) in [6.07, 6.45) is 4.64. The third-order valence-corrected chi connectivity index (χ3v) is 4.66. The average Bonchev–Trinajstić information content (AvgIpc) is 3.14. The molecule has 0 aliphatic heterocycles. The molecular weight excluding hydrogens is 366 g/mol. The van der Waals surface area contributed by atoms with Crippen LogP contribution in [0.3, 0.4) is 0 Å². The first-order valence-electron chi connectivity index (χ1n) is 10.2. The zero-order valence-electron chi connectivity index (χ0n) is 18.1. The van der Waals surface area contributed by atoms with Crippen molar-refractivity contribution in [1.29, 1.82) is 0 Å². The predicted octanol–water partition coefficient (Wildman–Crippen LogP) is 3.02. The van der Waals surface area contributed by atoms with Gasteiger partial charge in [-0.25, -0.2) is 9.97 Å². The van der Waals surface area contributed by atoms with E-state index in [4.69, 9.17) is 14.7 Å². The Balaban J connectivity index is 1.90. The summed E-state index contributed by atoms with van der Waals surface area (Å²) in [6.45, 7) is 9.81. The van der Waals surface area contributed by atoms with Crippen LogP contribution >= 0.6 is 0 Å².